The van der Waals surface area contributed by atoms with E-state index in [-0.39, 0.29) is 5.43 Å². The third-order valence-corrected chi connectivity index (χ3v) is 3.85. The third-order valence-electron chi connectivity index (χ3n) is 3.36. The van der Waals surface area contributed by atoms with Gasteiger partial charge in [0.25, 0.3) is 0 Å². The van der Waals surface area contributed by atoms with Gasteiger partial charge in [-0.2, -0.15) is 0 Å². The number of para-hydroxylation sites is 1. The summed E-state index contributed by atoms with van der Waals surface area (Å²) >= 11 is 3.35. The number of benzene rings is 2. The second kappa shape index (κ2) is 5.85. The molecule has 0 aliphatic rings. The molecule has 1 aromatic heterocycles. The molecule has 0 unspecified atom stereocenters. The first-order valence-electron chi connectivity index (χ1n) is 6.59. The molecule has 1 heterocycles. The lowest BCUT2D eigenvalue weighted by atomic mass is 10.1. The van der Waals surface area contributed by atoms with Gasteiger partial charge in [0, 0.05) is 10.5 Å². The first-order valence-corrected chi connectivity index (χ1v) is 7.38. The first-order chi connectivity index (χ1) is 10.6. The lowest BCUT2D eigenvalue weighted by Crippen LogP contribution is -2.01. The van der Waals surface area contributed by atoms with Crippen LogP contribution in [0, 0.1) is 0 Å². The zero-order valence-corrected chi connectivity index (χ0v) is 13.6. The summed E-state index contributed by atoms with van der Waals surface area (Å²) in [5.41, 5.74) is 1.08. The van der Waals surface area contributed by atoms with E-state index < -0.39 is 0 Å². The van der Waals surface area contributed by atoms with Crippen LogP contribution in [0.2, 0.25) is 0 Å². The maximum Gasteiger partial charge on any atom is 0.193 e. The van der Waals surface area contributed by atoms with Crippen LogP contribution in [0.3, 0.4) is 0 Å². The maximum atomic E-state index is 12.3. The Bertz CT molecular complexity index is 899. The third kappa shape index (κ3) is 2.48. The summed E-state index contributed by atoms with van der Waals surface area (Å²) in [6.07, 6.45) is 0. The van der Waals surface area contributed by atoms with E-state index in [1.807, 2.05) is 18.2 Å². The summed E-state index contributed by atoms with van der Waals surface area (Å²) in [4.78, 5) is 12.3. The minimum atomic E-state index is -0.109. The molecule has 0 N–H and O–H groups in total. The van der Waals surface area contributed by atoms with E-state index in [1.54, 1.807) is 32.4 Å². The molecule has 0 atom stereocenters. The second-order valence-electron chi connectivity index (χ2n) is 4.66. The van der Waals surface area contributed by atoms with Gasteiger partial charge in [-0.05, 0) is 30.3 Å². The molecular weight excluding hydrogens is 348 g/mol. The average molecular weight is 361 g/mol. The van der Waals surface area contributed by atoms with E-state index >= 15 is 0 Å². The van der Waals surface area contributed by atoms with Crippen molar-refractivity contribution in [3.8, 4) is 22.8 Å². The van der Waals surface area contributed by atoms with Crippen LogP contribution >= 0.6 is 15.9 Å². The molecule has 0 aliphatic heterocycles. The molecular formula is C17H13BrO4. The molecule has 0 spiro atoms. The Balaban J connectivity index is 2.28. The van der Waals surface area contributed by atoms with Crippen LogP contribution in [0.1, 0.15) is 0 Å². The molecule has 3 rings (SSSR count). The van der Waals surface area contributed by atoms with Crippen molar-refractivity contribution in [1.82, 2.24) is 0 Å². The van der Waals surface area contributed by atoms with Crippen molar-refractivity contribution in [3.63, 3.8) is 0 Å². The fourth-order valence-corrected chi connectivity index (χ4v) is 2.70. The predicted molar refractivity (Wildman–Crippen MR) is 88.7 cm³/mol. The molecule has 0 saturated heterocycles. The van der Waals surface area contributed by atoms with Crippen molar-refractivity contribution in [3.05, 3.63) is 57.2 Å². The van der Waals surface area contributed by atoms with Crippen LogP contribution in [-0.2, 0) is 0 Å². The SMILES string of the molecule is COc1cccc(-c2cc(=O)c3cc(Br)ccc3o2)c1OC. The minimum absolute atomic E-state index is 0.109. The highest BCUT2D eigenvalue weighted by molar-refractivity contribution is 9.10. The monoisotopic (exact) mass is 360 g/mol. The number of methoxy groups -OCH3 is 2. The van der Waals surface area contributed by atoms with Crippen LogP contribution < -0.4 is 14.9 Å². The topological polar surface area (TPSA) is 48.7 Å². The fraction of sp³-hybridized carbons (Fsp3) is 0.118. The maximum absolute atomic E-state index is 12.3. The molecule has 0 aliphatic carbocycles. The molecule has 2 aromatic carbocycles. The van der Waals surface area contributed by atoms with Crippen molar-refractivity contribution in [1.29, 1.82) is 0 Å². The van der Waals surface area contributed by atoms with Crippen LogP contribution in [0.4, 0.5) is 0 Å². The second-order valence-corrected chi connectivity index (χ2v) is 5.57. The quantitative estimate of drug-likeness (QED) is 0.700. The molecule has 5 heteroatoms. The zero-order valence-electron chi connectivity index (χ0n) is 12.1. The average Bonchev–Trinajstić information content (AvgIpc) is 2.54. The summed E-state index contributed by atoms with van der Waals surface area (Å²) in [7, 11) is 3.12. The van der Waals surface area contributed by atoms with Crippen molar-refractivity contribution in [2.75, 3.05) is 14.2 Å². The van der Waals surface area contributed by atoms with Gasteiger partial charge in [0.1, 0.15) is 11.3 Å². The van der Waals surface area contributed by atoms with Gasteiger partial charge >= 0.3 is 0 Å². The molecule has 0 fully saturated rings. The van der Waals surface area contributed by atoms with Crippen molar-refractivity contribution < 1.29 is 13.9 Å². The van der Waals surface area contributed by atoms with E-state index in [0.717, 1.165) is 4.47 Å². The Labute approximate surface area is 135 Å². The number of rotatable bonds is 3. The Morgan fingerprint density at radius 1 is 1.05 bits per heavy atom. The highest BCUT2D eigenvalue weighted by Gasteiger charge is 2.15. The predicted octanol–water partition coefficient (Wildman–Crippen LogP) is 4.24. The number of hydrogen-bond donors (Lipinski definition) is 0. The van der Waals surface area contributed by atoms with Crippen molar-refractivity contribution >= 4 is 26.9 Å². The van der Waals surface area contributed by atoms with E-state index in [2.05, 4.69) is 15.9 Å². The standard InChI is InChI=1S/C17H13BrO4/c1-20-15-5-3-4-11(17(15)21-2)16-9-13(19)12-8-10(18)6-7-14(12)22-16/h3-9H,1-2H3. The van der Waals surface area contributed by atoms with E-state index in [9.17, 15) is 4.79 Å². The van der Waals surface area contributed by atoms with Crippen LogP contribution in [0.5, 0.6) is 11.5 Å². The summed E-state index contributed by atoms with van der Waals surface area (Å²) in [5, 5.41) is 0.528. The van der Waals surface area contributed by atoms with E-state index in [0.29, 0.717) is 33.8 Å². The minimum Gasteiger partial charge on any atom is -0.493 e. The Morgan fingerprint density at radius 3 is 2.59 bits per heavy atom. The molecule has 0 bridgehead atoms. The van der Waals surface area contributed by atoms with Gasteiger partial charge < -0.3 is 13.9 Å². The number of fused-ring (bicyclic) bond motifs is 1. The van der Waals surface area contributed by atoms with Gasteiger partial charge in [0.05, 0.1) is 25.2 Å². The highest BCUT2D eigenvalue weighted by atomic mass is 79.9. The van der Waals surface area contributed by atoms with Gasteiger partial charge in [-0.1, -0.05) is 22.0 Å². The summed E-state index contributed by atoms with van der Waals surface area (Å²) in [6.45, 7) is 0. The molecule has 4 nitrogen and oxygen atoms in total. The highest BCUT2D eigenvalue weighted by Crippen LogP contribution is 2.38. The smallest absolute Gasteiger partial charge is 0.193 e. The first kappa shape index (κ1) is 14.7. The van der Waals surface area contributed by atoms with Crippen LogP contribution in [-0.4, -0.2) is 14.2 Å². The summed E-state index contributed by atoms with van der Waals surface area (Å²) < 4.78 is 17.4. The largest absolute Gasteiger partial charge is 0.493 e. The Morgan fingerprint density at radius 2 is 1.86 bits per heavy atom. The number of hydrogen-bond acceptors (Lipinski definition) is 4. The molecule has 112 valence electrons. The van der Waals surface area contributed by atoms with Gasteiger partial charge in [0.15, 0.2) is 16.9 Å². The molecule has 0 saturated carbocycles. The molecule has 3 aromatic rings. The van der Waals surface area contributed by atoms with Crippen LogP contribution in [0.25, 0.3) is 22.3 Å². The lowest BCUT2D eigenvalue weighted by molar-refractivity contribution is 0.355. The summed E-state index contributed by atoms with van der Waals surface area (Å²) in [6, 6.07) is 12.2. The van der Waals surface area contributed by atoms with Crippen molar-refractivity contribution in [2.24, 2.45) is 0 Å². The Hall–Kier alpha value is -2.27. The molecule has 0 amide bonds. The van der Waals surface area contributed by atoms with Crippen molar-refractivity contribution in [2.45, 2.75) is 0 Å². The van der Waals surface area contributed by atoms with E-state index in [4.69, 9.17) is 13.9 Å². The van der Waals surface area contributed by atoms with Gasteiger partial charge in [-0.15, -0.1) is 0 Å². The van der Waals surface area contributed by atoms with Gasteiger partial charge in [0.2, 0.25) is 0 Å². The Kier molecular flexibility index (Phi) is 3.90. The number of halogens is 1. The summed E-state index contributed by atoms with van der Waals surface area (Å²) in [5.74, 6) is 1.55. The fourth-order valence-electron chi connectivity index (χ4n) is 2.34. The molecule has 0 radical (unpaired) electrons. The zero-order chi connectivity index (χ0) is 15.7. The van der Waals surface area contributed by atoms with E-state index in [1.165, 1.54) is 6.07 Å². The van der Waals surface area contributed by atoms with Gasteiger partial charge in [-0.25, -0.2) is 0 Å². The van der Waals surface area contributed by atoms with Gasteiger partial charge in [-0.3, -0.25) is 4.79 Å². The van der Waals surface area contributed by atoms with Crippen LogP contribution in [0.15, 0.2) is 56.1 Å². The lowest BCUT2D eigenvalue weighted by Gasteiger charge is -2.12. The molecule has 22 heavy (non-hydrogen) atoms. The number of ether oxygens (including phenoxy) is 2. The normalized spacial score (nSPS) is 10.7.